The van der Waals surface area contributed by atoms with Gasteiger partial charge in [0.05, 0.1) is 0 Å². The van der Waals surface area contributed by atoms with Gasteiger partial charge in [-0.3, -0.25) is 0 Å². The van der Waals surface area contributed by atoms with Gasteiger partial charge in [0.25, 0.3) is 0 Å². The van der Waals surface area contributed by atoms with Crippen LogP contribution in [0.5, 0.6) is 5.75 Å². The summed E-state index contributed by atoms with van der Waals surface area (Å²) < 4.78 is 0. The molecule has 0 aliphatic rings. The second-order valence-electron chi connectivity index (χ2n) is 3.02. The first kappa shape index (κ1) is 10.0. The maximum atomic E-state index is 9.47. The third kappa shape index (κ3) is 2.72. The summed E-state index contributed by atoms with van der Waals surface area (Å²) in [4.78, 5) is 0. The maximum Gasteiger partial charge on any atom is 0.120 e. The quantitative estimate of drug-likeness (QED) is 0.643. The molecule has 0 aromatic heterocycles. The van der Waals surface area contributed by atoms with E-state index < -0.39 is 0 Å². The van der Waals surface area contributed by atoms with Crippen LogP contribution in [0.15, 0.2) is 18.2 Å². The van der Waals surface area contributed by atoms with E-state index in [1.54, 1.807) is 6.07 Å². The maximum absolute atomic E-state index is 9.47. The van der Waals surface area contributed by atoms with Crippen LogP contribution in [0.25, 0.3) is 0 Å². The van der Waals surface area contributed by atoms with Crippen molar-refractivity contribution < 1.29 is 5.11 Å². The first-order valence-corrected chi connectivity index (χ1v) is 4.38. The molecule has 0 heterocycles. The van der Waals surface area contributed by atoms with Gasteiger partial charge in [-0.1, -0.05) is 6.07 Å². The van der Waals surface area contributed by atoms with Crippen molar-refractivity contribution in [2.24, 2.45) is 0 Å². The molecule has 0 aliphatic carbocycles. The SMILES string of the molecule is CNCc1ccc(O)c(CNC)c1. The molecule has 1 rings (SSSR count). The molecule has 0 radical (unpaired) electrons. The molecule has 13 heavy (non-hydrogen) atoms. The van der Waals surface area contributed by atoms with Gasteiger partial charge in [0.1, 0.15) is 5.75 Å². The van der Waals surface area contributed by atoms with Gasteiger partial charge in [0.15, 0.2) is 0 Å². The molecular formula is C10H16N2O. The van der Waals surface area contributed by atoms with Crippen LogP contribution in [0.2, 0.25) is 0 Å². The number of phenolic OH excluding ortho intramolecular Hbond substituents is 1. The molecule has 1 aromatic rings. The van der Waals surface area contributed by atoms with E-state index in [0.29, 0.717) is 12.3 Å². The van der Waals surface area contributed by atoms with Crippen LogP contribution in [0, 0.1) is 0 Å². The minimum absolute atomic E-state index is 0.356. The molecular weight excluding hydrogens is 164 g/mol. The molecule has 0 fully saturated rings. The zero-order chi connectivity index (χ0) is 9.68. The van der Waals surface area contributed by atoms with Crippen LogP contribution in [0.1, 0.15) is 11.1 Å². The summed E-state index contributed by atoms with van der Waals surface area (Å²) in [5.74, 6) is 0.356. The highest BCUT2D eigenvalue weighted by molar-refractivity contribution is 5.36. The Morgan fingerprint density at radius 1 is 1.15 bits per heavy atom. The van der Waals surface area contributed by atoms with E-state index >= 15 is 0 Å². The van der Waals surface area contributed by atoms with Gasteiger partial charge in [0.2, 0.25) is 0 Å². The molecule has 0 aliphatic heterocycles. The lowest BCUT2D eigenvalue weighted by Gasteiger charge is -2.06. The molecule has 1 aromatic carbocycles. The number of phenols is 1. The highest BCUT2D eigenvalue weighted by Crippen LogP contribution is 2.17. The fourth-order valence-electron chi connectivity index (χ4n) is 1.28. The Balaban J connectivity index is 2.83. The molecule has 0 bridgehead atoms. The monoisotopic (exact) mass is 180 g/mol. The van der Waals surface area contributed by atoms with Crippen molar-refractivity contribution in [2.45, 2.75) is 13.1 Å². The largest absolute Gasteiger partial charge is 0.508 e. The average Bonchev–Trinajstić information content (AvgIpc) is 2.12. The van der Waals surface area contributed by atoms with Crippen LogP contribution in [0.4, 0.5) is 0 Å². The van der Waals surface area contributed by atoms with E-state index in [9.17, 15) is 5.11 Å². The van der Waals surface area contributed by atoms with Crippen LogP contribution in [-0.2, 0) is 13.1 Å². The Bertz CT molecular complexity index is 274. The summed E-state index contributed by atoms with van der Waals surface area (Å²) in [5, 5.41) is 15.6. The van der Waals surface area contributed by atoms with Crippen molar-refractivity contribution >= 4 is 0 Å². The summed E-state index contributed by atoms with van der Waals surface area (Å²) in [6.45, 7) is 1.53. The molecule has 3 nitrogen and oxygen atoms in total. The van der Waals surface area contributed by atoms with Gasteiger partial charge in [-0.25, -0.2) is 0 Å². The van der Waals surface area contributed by atoms with Crippen LogP contribution >= 0.6 is 0 Å². The van der Waals surface area contributed by atoms with Gasteiger partial charge < -0.3 is 15.7 Å². The smallest absolute Gasteiger partial charge is 0.120 e. The van der Waals surface area contributed by atoms with Crippen molar-refractivity contribution in [3.8, 4) is 5.75 Å². The third-order valence-corrected chi connectivity index (χ3v) is 1.89. The Morgan fingerprint density at radius 3 is 2.46 bits per heavy atom. The Labute approximate surface area is 78.8 Å². The summed E-state index contributed by atoms with van der Waals surface area (Å²) in [6, 6.07) is 5.66. The Kier molecular flexibility index (Phi) is 3.73. The molecule has 0 atom stereocenters. The highest BCUT2D eigenvalue weighted by Gasteiger charge is 2.00. The van der Waals surface area contributed by atoms with E-state index in [-0.39, 0.29) is 0 Å². The Hall–Kier alpha value is -1.06. The van der Waals surface area contributed by atoms with E-state index in [4.69, 9.17) is 0 Å². The van der Waals surface area contributed by atoms with Crippen molar-refractivity contribution in [3.63, 3.8) is 0 Å². The fraction of sp³-hybridized carbons (Fsp3) is 0.400. The molecule has 0 amide bonds. The molecule has 3 heteroatoms. The van der Waals surface area contributed by atoms with E-state index in [2.05, 4.69) is 10.6 Å². The van der Waals surface area contributed by atoms with E-state index in [1.807, 2.05) is 26.2 Å². The first-order chi connectivity index (χ1) is 6.27. The van der Waals surface area contributed by atoms with Gasteiger partial charge in [-0.15, -0.1) is 0 Å². The first-order valence-electron chi connectivity index (χ1n) is 4.38. The number of nitrogens with one attached hydrogen (secondary N) is 2. The van der Waals surface area contributed by atoms with Crippen molar-refractivity contribution in [3.05, 3.63) is 29.3 Å². The predicted molar refractivity (Wildman–Crippen MR) is 53.6 cm³/mol. The van der Waals surface area contributed by atoms with Gasteiger partial charge in [-0.2, -0.15) is 0 Å². The molecule has 0 saturated carbocycles. The van der Waals surface area contributed by atoms with Crippen LogP contribution < -0.4 is 10.6 Å². The van der Waals surface area contributed by atoms with Crippen LogP contribution in [-0.4, -0.2) is 19.2 Å². The standard InChI is InChI=1S/C10H16N2O/c1-11-6-8-3-4-10(13)9(5-8)7-12-2/h3-5,11-13H,6-7H2,1-2H3. The van der Waals surface area contributed by atoms with Crippen molar-refractivity contribution in [1.82, 2.24) is 10.6 Å². The number of benzene rings is 1. The molecule has 0 saturated heterocycles. The number of hydrogen-bond donors (Lipinski definition) is 3. The van der Waals surface area contributed by atoms with E-state index in [1.165, 1.54) is 5.56 Å². The number of hydrogen-bond acceptors (Lipinski definition) is 3. The van der Waals surface area contributed by atoms with Crippen molar-refractivity contribution in [1.29, 1.82) is 0 Å². The molecule has 0 unspecified atom stereocenters. The number of aromatic hydroxyl groups is 1. The second-order valence-corrected chi connectivity index (χ2v) is 3.02. The normalized spacial score (nSPS) is 10.3. The Morgan fingerprint density at radius 2 is 1.85 bits per heavy atom. The van der Waals surface area contributed by atoms with Gasteiger partial charge in [0, 0.05) is 18.7 Å². The highest BCUT2D eigenvalue weighted by atomic mass is 16.3. The summed E-state index contributed by atoms with van der Waals surface area (Å²) >= 11 is 0. The lowest BCUT2D eigenvalue weighted by molar-refractivity contribution is 0.465. The zero-order valence-electron chi connectivity index (χ0n) is 8.09. The van der Waals surface area contributed by atoms with E-state index in [0.717, 1.165) is 12.1 Å². The summed E-state index contributed by atoms with van der Waals surface area (Å²) in [6.07, 6.45) is 0. The average molecular weight is 180 g/mol. The van der Waals surface area contributed by atoms with Crippen LogP contribution in [0.3, 0.4) is 0 Å². The second kappa shape index (κ2) is 4.84. The lowest BCUT2D eigenvalue weighted by atomic mass is 10.1. The minimum atomic E-state index is 0.356. The van der Waals surface area contributed by atoms with Gasteiger partial charge >= 0.3 is 0 Å². The molecule has 0 spiro atoms. The minimum Gasteiger partial charge on any atom is -0.508 e. The zero-order valence-corrected chi connectivity index (χ0v) is 8.09. The topological polar surface area (TPSA) is 44.3 Å². The van der Waals surface area contributed by atoms with Crippen molar-refractivity contribution in [2.75, 3.05) is 14.1 Å². The predicted octanol–water partition coefficient (Wildman–Crippen LogP) is 0.831. The fourth-order valence-corrected chi connectivity index (χ4v) is 1.28. The summed E-state index contributed by atoms with van der Waals surface area (Å²) in [5.41, 5.74) is 2.13. The summed E-state index contributed by atoms with van der Waals surface area (Å²) in [7, 11) is 3.77. The molecule has 72 valence electrons. The molecule has 3 N–H and O–H groups in total. The third-order valence-electron chi connectivity index (χ3n) is 1.89. The van der Waals surface area contributed by atoms with Gasteiger partial charge in [-0.05, 0) is 31.8 Å². The number of rotatable bonds is 4. The lowest BCUT2D eigenvalue weighted by Crippen LogP contribution is -2.08.